The zero-order valence-electron chi connectivity index (χ0n) is 15.4. The molecule has 7 heteroatoms. The van der Waals surface area contributed by atoms with Crippen LogP contribution in [0.25, 0.3) is 11.0 Å². The number of benzene rings is 1. The molecule has 1 aromatic carbocycles. The van der Waals surface area contributed by atoms with Crippen molar-refractivity contribution in [3.63, 3.8) is 0 Å². The first-order valence-corrected chi connectivity index (χ1v) is 9.15. The minimum Gasteiger partial charge on any atom is -0.461 e. The zero-order chi connectivity index (χ0) is 17.3. The summed E-state index contributed by atoms with van der Waals surface area (Å²) in [5, 5.41) is 7.84. The van der Waals surface area contributed by atoms with Crippen LogP contribution in [-0.2, 0) is 11.2 Å². The molecule has 144 valence electrons. The standard InChI is InChI=1S/C19H28N4O2.HI/c1-2-20-19(22-9-10-23-11-13-24-14-12-23)21-8-7-17-15-16-5-3-4-6-18(16)25-17;/h3-6,15H,2,7-14H2,1H3,(H2,20,21,22);1H. The number of furan rings is 1. The molecule has 1 saturated heterocycles. The van der Waals surface area contributed by atoms with Gasteiger partial charge in [-0.1, -0.05) is 18.2 Å². The summed E-state index contributed by atoms with van der Waals surface area (Å²) in [6.45, 7) is 9.18. The van der Waals surface area contributed by atoms with Gasteiger partial charge in [-0.15, -0.1) is 24.0 Å². The van der Waals surface area contributed by atoms with Crippen molar-refractivity contribution in [3.05, 3.63) is 36.1 Å². The van der Waals surface area contributed by atoms with E-state index in [4.69, 9.17) is 9.15 Å². The molecule has 0 amide bonds. The van der Waals surface area contributed by atoms with Crippen molar-refractivity contribution in [2.45, 2.75) is 13.3 Å². The molecule has 26 heavy (non-hydrogen) atoms. The molecule has 1 aliphatic rings. The number of ether oxygens (including phenoxy) is 1. The lowest BCUT2D eigenvalue weighted by Crippen LogP contribution is -2.40. The number of para-hydroxylation sites is 1. The molecule has 2 N–H and O–H groups in total. The van der Waals surface area contributed by atoms with Crippen LogP contribution in [0.5, 0.6) is 0 Å². The summed E-state index contributed by atoms with van der Waals surface area (Å²) in [4.78, 5) is 7.06. The molecular weight excluding hydrogens is 443 g/mol. The minimum atomic E-state index is 0. The molecule has 0 spiro atoms. The van der Waals surface area contributed by atoms with E-state index >= 15 is 0 Å². The predicted molar refractivity (Wildman–Crippen MR) is 117 cm³/mol. The van der Waals surface area contributed by atoms with Crippen molar-refractivity contribution >= 4 is 40.9 Å². The van der Waals surface area contributed by atoms with Crippen molar-refractivity contribution in [1.82, 2.24) is 15.5 Å². The summed E-state index contributed by atoms with van der Waals surface area (Å²) in [7, 11) is 0. The molecule has 1 fully saturated rings. The Balaban J connectivity index is 0.00000243. The smallest absolute Gasteiger partial charge is 0.191 e. The fourth-order valence-electron chi connectivity index (χ4n) is 2.93. The van der Waals surface area contributed by atoms with Crippen molar-refractivity contribution in [2.75, 3.05) is 52.5 Å². The lowest BCUT2D eigenvalue weighted by atomic mass is 10.2. The van der Waals surface area contributed by atoms with Gasteiger partial charge in [0.1, 0.15) is 11.3 Å². The summed E-state index contributed by atoms with van der Waals surface area (Å²) in [6, 6.07) is 10.2. The van der Waals surface area contributed by atoms with Crippen LogP contribution in [-0.4, -0.2) is 63.3 Å². The number of nitrogens with zero attached hydrogens (tertiary/aromatic N) is 2. The van der Waals surface area contributed by atoms with Gasteiger partial charge in [0.05, 0.1) is 19.8 Å². The van der Waals surface area contributed by atoms with E-state index in [9.17, 15) is 0 Å². The average molecular weight is 472 g/mol. The Hall–Kier alpha value is -1.32. The molecule has 2 heterocycles. The SMILES string of the molecule is CCNC(=NCCN1CCOCC1)NCCc1cc2ccccc2o1.I. The van der Waals surface area contributed by atoms with Crippen LogP contribution in [0.3, 0.4) is 0 Å². The van der Waals surface area contributed by atoms with Gasteiger partial charge >= 0.3 is 0 Å². The molecule has 6 nitrogen and oxygen atoms in total. The quantitative estimate of drug-likeness (QED) is 0.369. The van der Waals surface area contributed by atoms with Crippen LogP contribution in [0.1, 0.15) is 12.7 Å². The summed E-state index contributed by atoms with van der Waals surface area (Å²) in [5.74, 6) is 1.87. The normalized spacial score (nSPS) is 15.7. The highest BCUT2D eigenvalue weighted by Gasteiger charge is 2.09. The number of aliphatic imine (C=N–C) groups is 1. The molecule has 0 saturated carbocycles. The third-order valence-electron chi connectivity index (χ3n) is 4.27. The fourth-order valence-corrected chi connectivity index (χ4v) is 2.93. The number of morpholine rings is 1. The van der Waals surface area contributed by atoms with E-state index in [-0.39, 0.29) is 24.0 Å². The van der Waals surface area contributed by atoms with Gasteiger partial charge in [-0.2, -0.15) is 0 Å². The number of hydrogen-bond donors (Lipinski definition) is 2. The largest absolute Gasteiger partial charge is 0.461 e. The molecule has 2 aromatic rings. The van der Waals surface area contributed by atoms with Crippen LogP contribution in [0, 0.1) is 0 Å². The van der Waals surface area contributed by atoms with Crippen LogP contribution in [0.15, 0.2) is 39.7 Å². The molecule has 1 aromatic heterocycles. The second-order valence-electron chi connectivity index (χ2n) is 6.14. The third-order valence-corrected chi connectivity index (χ3v) is 4.27. The number of halogens is 1. The first kappa shape index (κ1) is 21.0. The lowest BCUT2D eigenvalue weighted by Gasteiger charge is -2.25. The number of hydrogen-bond acceptors (Lipinski definition) is 4. The van der Waals surface area contributed by atoms with Crippen LogP contribution in [0.4, 0.5) is 0 Å². The predicted octanol–water partition coefficient (Wildman–Crippen LogP) is 2.48. The van der Waals surface area contributed by atoms with E-state index in [0.29, 0.717) is 0 Å². The summed E-state index contributed by atoms with van der Waals surface area (Å²) in [5.41, 5.74) is 0.948. The first-order chi connectivity index (χ1) is 12.3. The second kappa shape index (κ2) is 11.4. The maximum atomic E-state index is 5.85. The summed E-state index contributed by atoms with van der Waals surface area (Å²) >= 11 is 0. The van der Waals surface area contributed by atoms with E-state index in [1.54, 1.807) is 0 Å². The Morgan fingerprint density at radius 1 is 1.19 bits per heavy atom. The molecule has 0 aliphatic carbocycles. The molecule has 0 bridgehead atoms. The number of rotatable bonds is 7. The first-order valence-electron chi connectivity index (χ1n) is 9.15. The maximum absolute atomic E-state index is 5.85. The van der Waals surface area contributed by atoms with Gasteiger partial charge in [-0.3, -0.25) is 9.89 Å². The van der Waals surface area contributed by atoms with E-state index < -0.39 is 0 Å². The monoisotopic (exact) mass is 472 g/mol. The van der Waals surface area contributed by atoms with Gasteiger partial charge in [0, 0.05) is 44.5 Å². The third kappa shape index (κ3) is 6.44. The molecule has 3 rings (SSSR count). The molecular formula is C19H29IN4O2. The molecule has 0 radical (unpaired) electrons. The van der Waals surface area contributed by atoms with Gasteiger partial charge in [0.25, 0.3) is 0 Å². The van der Waals surface area contributed by atoms with E-state index in [2.05, 4.69) is 39.6 Å². The average Bonchev–Trinajstić information content (AvgIpc) is 3.05. The van der Waals surface area contributed by atoms with Crippen molar-refractivity contribution in [1.29, 1.82) is 0 Å². The summed E-state index contributed by atoms with van der Waals surface area (Å²) < 4.78 is 11.2. The number of nitrogens with one attached hydrogen (secondary N) is 2. The summed E-state index contributed by atoms with van der Waals surface area (Å²) in [6.07, 6.45) is 0.836. The minimum absolute atomic E-state index is 0. The van der Waals surface area contributed by atoms with Crippen molar-refractivity contribution in [3.8, 4) is 0 Å². The number of fused-ring (bicyclic) bond motifs is 1. The molecule has 0 unspecified atom stereocenters. The van der Waals surface area contributed by atoms with Crippen LogP contribution < -0.4 is 10.6 Å². The Morgan fingerprint density at radius 3 is 2.77 bits per heavy atom. The van der Waals surface area contributed by atoms with Gasteiger partial charge in [-0.25, -0.2) is 0 Å². The topological polar surface area (TPSA) is 62.0 Å². The Bertz CT molecular complexity index is 650. The van der Waals surface area contributed by atoms with Crippen LogP contribution >= 0.6 is 24.0 Å². The van der Waals surface area contributed by atoms with E-state index in [0.717, 1.165) is 81.6 Å². The van der Waals surface area contributed by atoms with Crippen LogP contribution in [0.2, 0.25) is 0 Å². The van der Waals surface area contributed by atoms with Gasteiger partial charge < -0.3 is 19.8 Å². The highest BCUT2D eigenvalue weighted by atomic mass is 127. The second-order valence-corrected chi connectivity index (χ2v) is 6.14. The van der Waals surface area contributed by atoms with E-state index in [1.165, 1.54) is 0 Å². The highest BCUT2D eigenvalue weighted by molar-refractivity contribution is 14.0. The highest BCUT2D eigenvalue weighted by Crippen LogP contribution is 2.18. The maximum Gasteiger partial charge on any atom is 0.191 e. The number of guanidine groups is 1. The Labute approximate surface area is 172 Å². The Morgan fingerprint density at radius 2 is 2.00 bits per heavy atom. The van der Waals surface area contributed by atoms with Gasteiger partial charge in [0.2, 0.25) is 0 Å². The van der Waals surface area contributed by atoms with Gasteiger partial charge in [-0.05, 0) is 19.1 Å². The lowest BCUT2D eigenvalue weighted by molar-refractivity contribution is 0.0394. The molecule has 1 aliphatic heterocycles. The van der Waals surface area contributed by atoms with Gasteiger partial charge in [0.15, 0.2) is 5.96 Å². The van der Waals surface area contributed by atoms with Crippen molar-refractivity contribution < 1.29 is 9.15 Å². The molecule has 0 atom stereocenters. The zero-order valence-corrected chi connectivity index (χ0v) is 17.7. The fraction of sp³-hybridized carbons (Fsp3) is 0.526. The van der Waals surface area contributed by atoms with E-state index in [1.807, 2.05) is 18.2 Å². The van der Waals surface area contributed by atoms with Crippen molar-refractivity contribution in [2.24, 2.45) is 4.99 Å². The Kier molecular flexibility index (Phi) is 9.21.